The Balaban J connectivity index is 1.04. The van der Waals surface area contributed by atoms with Crippen LogP contribution in [0.1, 0.15) is 0 Å². The number of hydrogen-bond donors (Lipinski definition) is 0. The fraction of sp³-hybridized carbons (Fsp3) is 0. The third-order valence-corrected chi connectivity index (χ3v) is 10.5. The average Bonchev–Trinajstić information content (AvgIpc) is 3.64. The topological polar surface area (TPSA) is 16.4 Å². The van der Waals surface area contributed by atoms with Crippen molar-refractivity contribution in [1.82, 2.24) is 0 Å². The van der Waals surface area contributed by atoms with Crippen LogP contribution >= 0.6 is 0 Å². The second-order valence-corrected chi connectivity index (χ2v) is 13.7. The molecule has 0 aliphatic rings. The fourth-order valence-electron chi connectivity index (χ4n) is 7.83. The molecule has 0 atom stereocenters. The lowest BCUT2D eigenvalue weighted by atomic mass is 9.96. The molecule has 10 rings (SSSR count). The van der Waals surface area contributed by atoms with Crippen molar-refractivity contribution < 1.29 is 4.42 Å². The van der Waals surface area contributed by atoms with Crippen molar-refractivity contribution in [1.29, 1.82) is 0 Å². The Labute approximate surface area is 314 Å². The van der Waals surface area contributed by atoms with Crippen LogP contribution in [0.3, 0.4) is 0 Å². The number of para-hydroxylation sites is 1. The third kappa shape index (κ3) is 5.71. The van der Waals surface area contributed by atoms with Crippen molar-refractivity contribution in [3.05, 3.63) is 212 Å². The van der Waals surface area contributed by atoms with Crippen molar-refractivity contribution in [2.75, 3.05) is 4.90 Å². The van der Waals surface area contributed by atoms with E-state index in [1.807, 2.05) is 12.1 Å². The van der Waals surface area contributed by atoms with E-state index in [-0.39, 0.29) is 0 Å². The van der Waals surface area contributed by atoms with E-state index in [9.17, 15) is 0 Å². The number of nitrogens with zero attached hydrogens (tertiary/aromatic N) is 1. The zero-order chi connectivity index (χ0) is 35.8. The Morgan fingerprint density at radius 3 is 1.54 bits per heavy atom. The molecular weight excluding hydrogens is 655 g/mol. The van der Waals surface area contributed by atoms with Gasteiger partial charge in [-0.1, -0.05) is 164 Å². The first-order chi connectivity index (χ1) is 26.8. The predicted octanol–water partition coefficient (Wildman–Crippen LogP) is 14.9. The summed E-state index contributed by atoms with van der Waals surface area (Å²) in [7, 11) is 0. The minimum absolute atomic E-state index is 0.896. The summed E-state index contributed by atoms with van der Waals surface area (Å²) in [6, 6.07) is 75.9. The summed E-state index contributed by atoms with van der Waals surface area (Å²) in [6.07, 6.45) is 0. The number of hydrogen-bond acceptors (Lipinski definition) is 2. The maximum absolute atomic E-state index is 6.26. The highest BCUT2D eigenvalue weighted by molar-refractivity contribution is 6.12. The Hall–Kier alpha value is -7.16. The van der Waals surface area contributed by atoms with E-state index in [0.717, 1.165) is 50.1 Å². The van der Waals surface area contributed by atoms with E-state index in [1.165, 1.54) is 44.2 Å². The van der Waals surface area contributed by atoms with Crippen molar-refractivity contribution >= 4 is 49.8 Å². The first kappa shape index (κ1) is 31.6. The van der Waals surface area contributed by atoms with Crippen LogP contribution in [0.5, 0.6) is 0 Å². The van der Waals surface area contributed by atoms with Gasteiger partial charge in [0.2, 0.25) is 0 Å². The van der Waals surface area contributed by atoms with E-state index in [2.05, 4.69) is 205 Å². The van der Waals surface area contributed by atoms with Gasteiger partial charge in [0.25, 0.3) is 0 Å². The van der Waals surface area contributed by atoms with Crippen LogP contribution in [0, 0.1) is 0 Å². The molecule has 0 unspecified atom stereocenters. The quantitative estimate of drug-likeness (QED) is 0.166. The molecule has 1 heterocycles. The molecule has 1 aromatic heterocycles. The second-order valence-electron chi connectivity index (χ2n) is 13.7. The van der Waals surface area contributed by atoms with Crippen molar-refractivity contribution in [2.24, 2.45) is 0 Å². The molecule has 0 aliphatic heterocycles. The van der Waals surface area contributed by atoms with Crippen LogP contribution < -0.4 is 4.90 Å². The summed E-state index contributed by atoms with van der Waals surface area (Å²) in [5, 5.41) is 4.79. The van der Waals surface area contributed by atoms with Crippen molar-refractivity contribution in [3.63, 3.8) is 0 Å². The zero-order valence-electron chi connectivity index (χ0n) is 29.6. The highest BCUT2D eigenvalue weighted by Gasteiger charge is 2.17. The van der Waals surface area contributed by atoms with E-state index in [4.69, 9.17) is 4.42 Å². The summed E-state index contributed by atoms with van der Waals surface area (Å²) in [6.45, 7) is 0. The first-order valence-corrected chi connectivity index (χ1v) is 18.4. The van der Waals surface area contributed by atoms with Crippen molar-refractivity contribution in [2.45, 2.75) is 0 Å². The van der Waals surface area contributed by atoms with Crippen LogP contribution in [0.15, 0.2) is 217 Å². The largest absolute Gasteiger partial charge is 0.456 e. The summed E-state index contributed by atoms with van der Waals surface area (Å²) in [4.78, 5) is 2.35. The van der Waals surface area contributed by atoms with Gasteiger partial charge < -0.3 is 9.32 Å². The summed E-state index contributed by atoms with van der Waals surface area (Å²) in [5.41, 5.74) is 14.6. The minimum atomic E-state index is 0.896. The highest BCUT2D eigenvalue weighted by Crippen LogP contribution is 2.41. The number of furan rings is 1. The van der Waals surface area contributed by atoms with E-state index < -0.39 is 0 Å². The smallest absolute Gasteiger partial charge is 0.136 e. The highest BCUT2D eigenvalue weighted by atomic mass is 16.3. The molecule has 0 bridgehead atoms. The Bertz CT molecular complexity index is 2900. The molecule has 0 spiro atoms. The van der Waals surface area contributed by atoms with Gasteiger partial charge in [0.1, 0.15) is 11.2 Å². The van der Waals surface area contributed by atoms with Gasteiger partial charge in [-0.25, -0.2) is 0 Å². The van der Waals surface area contributed by atoms with Gasteiger partial charge in [-0.3, -0.25) is 0 Å². The Kier molecular flexibility index (Phi) is 7.85. The molecule has 0 amide bonds. The summed E-state index contributed by atoms with van der Waals surface area (Å²) >= 11 is 0. The number of benzene rings is 9. The molecule has 0 aliphatic carbocycles. The van der Waals surface area contributed by atoms with Gasteiger partial charge >= 0.3 is 0 Å². The van der Waals surface area contributed by atoms with Gasteiger partial charge in [-0.2, -0.15) is 0 Å². The average molecular weight is 690 g/mol. The van der Waals surface area contributed by atoms with Gasteiger partial charge in [0.15, 0.2) is 0 Å². The van der Waals surface area contributed by atoms with E-state index in [0.29, 0.717) is 0 Å². The molecule has 2 heteroatoms. The van der Waals surface area contributed by atoms with E-state index >= 15 is 0 Å². The van der Waals surface area contributed by atoms with Crippen molar-refractivity contribution in [3.8, 4) is 44.5 Å². The lowest BCUT2D eigenvalue weighted by Gasteiger charge is -2.26. The molecule has 54 heavy (non-hydrogen) atoms. The van der Waals surface area contributed by atoms with Crippen LogP contribution in [-0.4, -0.2) is 0 Å². The molecular formula is C52H35NO. The number of anilines is 3. The summed E-state index contributed by atoms with van der Waals surface area (Å²) < 4.78 is 6.26. The molecule has 0 N–H and O–H groups in total. The standard InChI is InChI=1S/C52H35NO/c1-2-11-36(12-3-1)38-27-31-43(32-28-38)53(45-16-8-15-42(35-45)48-20-10-22-51-52(48)49-18-6-7-21-50(49)54-51)44-33-29-39(30-34-44)37-23-25-41(26-24-37)47-19-9-14-40-13-4-5-17-46(40)47/h1-35H. The lowest BCUT2D eigenvalue weighted by molar-refractivity contribution is 0.669. The van der Waals surface area contributed by atoms with Gasteiger partial charge in [0.05, 0.1) is 0 Å². The van der Waals surface area contributed by atoms with Crippen LogP contribution in [0.4, 0.5) is 17.1 Å². The molecule has 2 nitrogen and oxygen atoms in total. The first-order valence-electron chi connectivity index (χ1n) is 18.4. The number of fused-ring (bicyclic) bond motifs is 4. The molecule has 10 aromatic rings. The molecule has 0 radical (unpaired) electrons. The maximum Gasteiger partial charge on any atom is 0.136 e. The molecule has 9 aromatic carbocycles. The van der Waals surface area contributed by atoms with Gasteiger partial charge in [0, 0.05) is 27.8 Å². The lowest BCUT2D eigenvalue weighted by Crippen LogP contribution is -2.10. The monoisotopic (exact) mass is 689 g/mol. The minimum Gasteiger partial charge on any atom is -0.456 e. The normalized spacial score (nSPS) is 11.3. The predicted molar refractivity (Wildman–Crippen MR) is 228 cm³/mol. The second kappa shape index (κ2) is 13.4. The maximum atomic E-state index is 6.26. The third-order valence-electron chi connectivity index (χ3n) is 10.5. The molecule has 0 fully saturated rings. The van der Waals surface area contributed by atoms with Crippen LogP contribution in [0.2, 0.25) is 0 Å². The van der Waals surface area contributed by atoms with Crippen LogP contribution in [0.25, 0.3) is 77.2 Å². The number of rotatable bonds is 7. The van der Waals surface area contributed by atoms with Gasteiger partial charge in [-0.15, -0.1) is 0 Å². The Morgan fingerprint density at radius 2 is 0.796 bits per heavy atom. The zero-order valence-corrected chi connectivity index (χ0v) is 29.6. The molecule has 254 valence electrons. The fourth-order valence-corrected chi connectivity index (χ4v) is 7.83. The molecule has 0 saturated carbocycles. The van der Waals surface area contributed by atoms with Gasteiger partial charge in [-0.05, 0) is 104 Å². The molecule has 0 saturated heterocycles. The summed E-state index contributed by atoms with van der Waals surface area (Å²) in [5.74, 6) is 0. The Morgan fingerprint density at radius 1 is 0.296 bits per heavy atom. The van der Waals surface area contributed by atoms with E-state index in [1.54, 1.807) is 0 Å². The van der Waals surface area contributed by atoms with Crippen LogP contribution in [-0.2, 0) is 0 Å². The SMILES string of the molecule is c1ccc(-c2ccc(N(c3ccc(-c4ccc(-c5cccc6ccccc56)cc4)cc3)c3cccc(-c4cccc5oc6ccccc6c45)c3)cc2)cc1.